The fraction of sp³-hybridized carbons (Fsp3) is 0.111. The van der Waals surface area contributed by atoms with Crippen molar-refractivity contribution in [3.8, 4) is 28.7 Å². The first-order valence-electron chi connectivity index (χ1n) is 10.3. The van der Waals surface area contributed by atoms with Gasteiger partial charge in [-0.1, -0.05) is 12.1 Å². The molecule has 5 heteroatoms. The number of hydrogen-bond acceptors (Lipinski definition) is 5. The van der Waals surface area contributed by atoms with Crippen molar-refractivity contribution in [2.24, 2.45) is 0 Å². The Balaban J connectivity index is 1.75. The molecule has 3 N–H and O–H groups in total. The van der Waals surface area contributed by atoms with Crippen LogP contribution in [0.5, 0.6) is 28.7 Å². The SMILES string of the molecule is Cc1cc(O)cc(N(c2ccc(Oc3cccc(C)c3O)cc2)c2cc(C)cc(O)c2)c1. The molecule has 0 fully saturated rings. The molecule has 0 radical (unpaired) electrons. The van der Waals surface area contributed by atoms with E-state index in [0.29, 0.717) is 11.5 Å². The second-order valence-electron chi connectivity index (χ2n) is 7.91. The van der Waals surface area contributed by atoms with Crippen molar-refractivity contribution < 1.29 is 20.1 Å². The summed E-state index contributed by atoms with van der Waals surface area (Å²) in [6.45, 7) is 5.65. The first-order chi connectivity index (χ1) is 15.3. The van der Waals surface area contributed by atoms with Gasteiger partial charge in [0.2, 0.25) is 0 Å². The van der Waals surface area contributed by atoms with Crippen LogP contribution in [-0.2, 0) is 0 Å². The van der Waals surface area contributed by atoms with Gasteiger partial charge in [-0.25, -0.2) is 0 Å². The highest BCUT2D eigenvalue weighted by molar-refractivity contribution is 5.78. The van der Waals surface area contributed by atoms with Crippen LogP contribution >= 0.6 is 0 Å². The molecule has 0 aliphatic heterocycles. The summed E-state index contributed by atoms with van der Waals surface area (Å²) in [5, 5.41) is 30.6. The van der Waals surface area contributed by atoms with Gasteiger partial charge in [0.1, 0.15) is 17.2 Å². The van der Waals surface area contributed by atoms with E-state index in [-0.39, 0.29) is 17.2 Å². The minimum absolute atomic E-state index is 0.115. The van der Waals surface area contributed by atoms with E-state index < -0.39 is 0 Å². The van der Waals surface area contributed by atoms with Crippen molar-refractivity contribution in [3.63, 3.8) is 0 Å². The van der Waals surface area contributed by atoms with Crippen LogP contribution in [0, 0.1) is 20.8 Å². The third-order valence-electron chi connectivity index (χ3n) is 5.13. The molecule has 0 aromatic heterocycles. The van der Waals surface area contributed by atoms with Crippen molar-refractivity contribution in [3.05, 3.63) is 95.6 Å². The third-order valence-corrected chi connectivity index (χ3v) is 5.13. The maximum atomic E-state index is 10.2. The molecule has 0 unspecified atom stereocenters. The van der Waals surface area contributed by atoms with Gasteiger partial charge in [-0.2, -0.15) is 0 Å². The zero-order valence-corrected chi connectivity index (χ0v) is 18.2. The predicted molar refractivity (Wildman–Crippen MR) is 127 cm³/mol. The van der Waals surface area contributed by atoms with E-state index in [9.17, 15) is 15.3 Å². The number of nitrogens with zero attached hydrogens (tertiary/aromatic N) is 1. The number of anilines is 3. The minimum Gasteiger partial charge on any atom is -0.508 e. The van der Waals surface area contributed by atoms with Crippen LogP contribution in [0.1, 0.15) is 16.7 Å². The Morgan fingerprint density at radius 3 is 1.72 bits per heavy atom. The molecule has 4 rings (SSSR count). The Hall–Kier alpha value is -4.12. The van der Waals surface area contributed by atoms with E-state index in [4.69, 9.17) is 4.74 Å². The van der Waals surface area contributed by atoms with Gasteiger partial charge in [-0.15, -0.1) is 0 Å². The summed E-state index contributed by atoms with van der Waals surface area (Å²) in [4.78, 5) is 1.95. The lowest BCUT2D eigenvalue weighted by atomic mass is 10.1. The number of hydrogen-bond donors (Lipinski definition) is 3. The van der Waals surface area contributed by atoms with Gasteiger partial charge >= 0.3 is 0 Å². The Bertz CT molecular complexity index is 1170. The standard InChI is InChI=1S/C27H25NO4/c1-17-11-21(15-23(29)13-17)28(22-12-18(2)14-24(30)16-22)20-7-9-25(10-8-20)32-26-6-4-5-19(3)27(26)31/h4-16,29-31H,1-3H3. The van der Waals surface area contributed by atoms with Crippen LogP contribution in [0.15, 0.2) is 78.9 Å². The number of aryl methyl sites for hydroxylation is 3. The van der Waals surface area contributed by atoms with Crippen molar-refractivity contribution in [1.29, 1.82) is 0 Å². The second-order valence-corrected chi connectivity index (χ2v) is 7.91. The zero-order chi connectivity index (χ0) is 22.8. The van der Waals surface area contributed by atoms with Crippen LogP contribution in [-0.4, -0.2) is 15.3 Å². The Kier molecular flexibility index (Phi) is 5.65. The highest BCUT2D eigenvalue weighted by Gasteiger charge is 2.16. The largest absolute Gasteiger partial charge is 0.508 e. The van der Waals surface area contributed by atoms with Gasteiger partial charge in [0.15, 0.2) is 11.5 Å². The summed E-state index contributed by atoms with van der Waals surface area (Å²) >= 11 is 0. The fourth-order valence-electron chi connectivity index (χ4n) is 3.70. The summed E-state index contributed by atoms with van der Waals surface area (Å²) in [7, 11) is 0. The van der Waals surface area contributed by atoms with Gasteiger partial charge in [0.05, 0.1) is 11.4 Å². The van der Waals surface area contributed by atoms with Gasteiger partial charge in [-0.3, -0.25) is 0 Å². The quantitative estimate of drug-likeness (QED) is 0.320. The fourth-order valence-corrected chi connectivity index (χ4v) is 3.70. The van der Waals surface area contributed by atoms with Gasteiger partial charge < -0.3 is 25.0 Å². The Morgan fingerprint density at radius 2 is 1.19 bits per heavy atom. The molecule has 5 nitrogen and oxygen atoms in total. The van der Waals surface area contributed by atoms with Crippen molar-refractivity contribution in [2.75, 3.05) is 4.90 Å². The van der Waals surface area contributed by atoms with Gasteiger partial charge in [0, 0.05) is 17.8 Å². The molecule has 4 aromatic carbocycles. The van der Waals surface area contributed by atoms with E-state index in [1.807, 2.05) is 74.2 Å². The summed E-state index contributed by atoms with van der Waals surface area (Å²) in [5.41, 5.74) is 4.91. The van der Waals surface area contributed by atoms with E-state index in [2.05, 4.69) is 0 Å². The number of aromatic hydroxyl groups is 3. The lowest BCUT2D eigenvalue weighted by Gasteiger charge is -2.26. The minimum atomic E-state index is 0.115. The Morgan fingerprint density at radius 1 is 0.625 bits per heavy atom. The first kappa shape index (κ1) is 21.1. The topological polar surface area (TPSA) is 73.2 Å². The molecule has 0 saturated heterocycles. The van der Waals surface area contributed by atoms with E-state index in [0.717, 1.165) is 33.8 Å². The molecular weight excluding hydrogens is 402 g/mol. The first-order valence-corrected chi connectivity index (χ1v) is 10.3. The lowest BCUT2D eigenvalue weighted by molar-refractivity contribution is 0.408. The summed E-state index contributed by atoms with van der Waals surface area (Å²) < 4.78 is 5.86. The number of ether oxygens (including phenoxy) is 1. The number of rotatable bonds is 5. The lowest BCUT2D eigenvalue weighted by Crippen LogP contribution is -2.10. The molecule has 0 spiro atoms. The molecule has 0 heterocycles. The molecule has 0 amide bonds. The maximum absolute atomic E-state index is 10.2. The maximum Gasteiger partial charge on any atom is 0.169 e. The van der Waals surface area contributed by atoms with Crippen molar-refractivity contribution in [1.82, 2.24) is 0 Å². The monoisotopic (exact) mass is 427 g/mol. The van der Waals surface area contributed by atoms with E-state index in [1.54, 1.807) is 30.3 Å². The van der Waals surface area contributed by atoms with Gasteiger partial charge in [0.25, 0.3) is 0 Å². The van der Waals surface area contributed by atoms with Crippen LogP contribution in [0.4, 0.5) is 17.1 Å². The summed E-state index contributed by atoms with van der Waals surface area (Å²) in [6, 6.07) is 23.5. The molecule has 0 bridgehead atoms. The van der Waals surface area contributed by atoms with Crippen molar-refractivity contribution >= 4 is 17.1 Å². The molecule has 4 aromatic rings. The van der Waals surface area contributed by atoms with Crippen LogP contribution in [0.2, 0.25) is 0 Å². The molecule has 0 atom stereocenters. The van der Waals surface area contributed by atoms with Crippen LogP contribution in [0.25, 0.3) is 0 Å². The molecular formula is C27H25NO4. The number of phenols is 3. The Labute approximate surface area is 187 Å². The van der Waals surface area contributed by atoms with Crippen molar-refractivity contribution in [2.45, 2.75) is 20.8 Å². The number of para-hydroxylation sites is 1. The summed E-state index contributed by atoms with van der Waals surface area (Å²) in [6.07, 6.45) is 0. The second kappa shape index (κ2) is 8.55. The normalized spacial score (nSPS) is 10.7. The van der Waals surface area contributed by atoms with Gasteiger partial charge in [-0.05, 0) is 92.1 Å². The predicted octanol–water partition coefficient (Wildman–Crippen LogP) is 6.99. The highest BCUT2D eigenvalue weighted by atomic mass is 16.5. The average molecular weight is 428 g/mol. The molecule has 0 saturated carbocycles. The third kappa shape index (κ3) is 4.47. The van der Waals surface area contributed by atoms with E-state index >= 15 is 0 Å². The van der Waals surface area contributed by atoms with Crippen LogP contribution in [0.3, 0.4) is 0 Å². The molecule has 0 aliphatic rings. The summed E-state index contributed by atoms with van der Waals surface area (Å²) in [5.74, 6) is 1.41. The highest BCUT2D eigenvalue weighted by Crippen LogP contribution is 2.40. The average Bonchev–Trinajstić information content (AvgIpc) is 2.71. The van der Waals surface area contributed by atoms with E-state index in [1.165, 1.54) is 0 Å². The zero-order valence-electron chi connectivity index (χ0n) is 18.2. The smallest absolute Gasteiger partial charge is 0.169 e. The molecule has 0 aliphatic carbocycles. The number of phenolic OH excluding ortho intramolecular Hbond substituents is 3. The molecule has 32 heavy (non-hydrogen) atoms. The number of benzene rings is 4. The molecule has 162 valence electrons. The van der Waals surface area contributed by atoms with Crippen LogP contribution < -0.4 is 9.64 Å².